The van der Waals surface area contributed by atoms with E-state index in [4.69, 9.17) is 0 Å². The second-order valence-electron chi connectivity index (χ2n) is 7.76. The van der Waals surface area contributed by atoms with Crippen molar-refractivity contribution in [3.63, 3.8) is 0 Å². The van der Waals surface area contributed by atoms with Crippen LogP contribution in [-0.4, -0.2) is 51.9 Å². The first-order chi connectivity index (χ1) is 14.8. The lowest BCUT2D eigenvalue weighted by molar-refractivity contribution is -0.120. The van der Waals surface area contributed by atoms with Crippen LogP contribution in [0.15, 0.2) is 53.7 Å². The van der Waals surface area contributed by atoms with Gasteiger partial charge < -0.3 is 5.32 Å². The maximum Gasteiger partial charge on any atom is 0.243 e. The van der Waals surface area contributed by atoms with E-state index >= 15 is 0 Å². The second-order valence-corrected chi connectivity index (χ2v) is 9.70. The van der Waals surface area contributed by atoms with E-state index in [1.165, 1.54) is 27.4 Å². The Hall–Kier alpha value is -3.11. The molecular weight excluding hydrogens is 416 g/mol. The molecule has 1 aromatic heterocycles. The summed E-state index contributed by atoms with van der Waals surface area (Å²) in [6.45, 7) is 4.50. The number of carbonyl (C=O) groups is 1. The number of nitrogens with zero attached hydrogens (tertiary/aromatic N) is 5. The summed E-state index contributed by atoms with van der Waals surface area (Å²) in [4.78, 5) is 13.0. The Balaban J connectivity index is 1.47. The minimum Gasteiger partial charge on any atom is -0.326 e. The molecule has 2 heterocycles. The summed E-state index contributed by atoms with van der Waals surface area (Å²) < 4.78 is 29.1. The fraction of sp³-hybridized carbons (Fsp3) is 0.333. The van der Waals surface area contributed by atoms with E-state index in [0.717, 1.165) is 16.8 Å². The molecule has 162 valence electrons. The van der Waals surface area contributed by atoms with E-state index < -0.39 is 15.9 Å². The van der Waals surface area contributed by atoms with E-state index in [-0.39, 0.29) is 17.3 Å². The molecule has 1 unspecified atom stereocenters. The fourth-order valence-electron chi connectivity index (χ4n) is 3.76. The topological polar surface area (TPSA) is 110 Å². The molecule has 1 atom stereocenters. The third-order valence-electron chi connectivity index (χ3n) is 5.48. The van der Waals surface area contributed by atoms with Gasteiger partial charge in [0, 0.05) is 18.8 Å². The van der Waals surface area contributed by atoms with Crippen molar-refractivity contribution in [2.24, 2.45) is 5.92 Å². The van der Waals surface area contributed by atoms with Crippen LogP contribution in [0.4, 0.5) is 5.69 Å². The molecule has 1 N–H and O–H groups in total. The van der Waals surface area contributed by atoms with Gasteiger partial charge >= 0.3 is 0 Å². The van der Waals surface area contributed by atoms with E-state index in [2.05, 4.69) is 20.8 Å². The van der Waals surface area contributed by atoms with Gasteiger partial charge in [-0.1, -0.05) is 17.7 Å². The molecule has 0 aliphatic carbocycles. The predicted molar refractivity (Wildman–Crippen MR) is 115 cm³/mol. The third kappa shape index (κ3) is 4.49. The standard InChI is InChI=1S/C21H24N6O3S/c1-15-5-10-20(16(2)12-15)23-21(28)17-4-3-11-26(13-17)31(29,30)19-8-6-18(7-9-19)27-14-22-24-25-27/h5-10,12,14,17H,3-4,11,13H2,1-2H3,(H,23,28). The first-order valence-corrected chi connectivity index (χ1v) is 11.5. The Morgan fingerprint density at radius 3 is 2.58 bits per heavy atom. The number of rotatable bonds is 5. The van der Waals surface area contributed by atoms with Crippen molar-refractivity contribution < 1.29 is 13.2 Å². The lowest BCUT2D eigenvalue weighted by Gasteiger charge is -2.31. The highest BCUT2D eigenvalue weighted by atomic mass is 32.2. The molecule has 3 aromatic rings. The summed E-state index contributed by atoms with van der Waals surface area (Å²) in [5.41, 5.74) is 3.52. The zero-order chi connectivity index (χ0) is 22.0. The molecule has 9 nitrogen and oxygen atoms in total. The Labute approximate surface area is 181 Å². The minimum absolute atomic E-state index is 0.152. The molecule has 1 aliphatic rings. The molecule has 0 bridgehead atoms. The van der Waals surface area contributed by atoms with Gasteiger partial charge in [-0.3, -0.25) is 4.79 Å². The number of amides is 1. The largest absolute Gasteiger partial charge is 0.326 e. The molecule has 2 aromatic carbocycles. The van der Waals surface area contributed by atoms with Crippen LogP contribution < -0.4 is 5.32 Å². The Bertz CT molecular complexity index is 1180. The van der Waals surface area contributed by atoms with E-state index in [9.17, 15) is 13.2 Å². The molecule has 10 heteroatoms. The molecule has 0 saturated carbocycles. The number of anilines is 1. The van der Waals surface area contributed by atoms with Crippen molar-refractivity contribution >= 4 is 21.6 Å². The summed E-state index contributed by atoms with van der Waals surface area (Å²) in [6, 6.07) is 12.2. The minimum atomic E-state index is -3.71. The van der Waals surface area contributed by atoms with Crippen molar-refractivity contribution in [3.05, 3.63) is 59.9 Å². The number of carbonyl (C=O) groups excluding carboxylic acids is 1. The third-order valence-corrected chi connectivity index (χ3v) is 7.36. The summed E-state index contributed by atoms with van der Waals surface area (Å²) in [7, 11) is -3.71. The van der Waals surface area contributed by atoms with E-state index in [1.807, 2.05) is 32.0 Å². The van der Waals surface area contributed by atoms with Crippen LogP contribution in [-0.2, 0) is 14.8 Å². The number of sulfonamides is 1. The van der Waals surface area contributed by atoms with Crippen molar-refractivity contribution in [3.8, 4) is 5.69 Å². The van der Waals surface area contributed by atoms with Crippen molar-refractivity contribution in [2.75, 3.05) is 18.4 Å². The monoisotopic (exact) mass is 440 g/mol. The number of hydrogen-bond acceptors (Lipinski definition) is 6. The smallest absolute Gasteiger partial charge is 0.243 e. The molecule has 0 radical (unpaired) electrons. The SMILES string of the molecule is Cc1ccc(NC(=O)C2CCCN(S(=O)(=O)c3ccc(-n4cnnn4)cc3)C2)c(C)c1. The average molecular weight is 441 g/mol. The highest BCUT2D eigenvalue weighted by molar-refractivity contribution is 7.89. The van der Waals surface area contributed by atoms with Gasteiger partial charge in [-0.05, 0) is 73.0 Å². The van der Waals surface area contributed by atoms with Gasteiger partial charge in [0.1, 0.15) is 6.33 Å². The van der Waals surface area contributed by atoms with Crippen LogP contribution in [0.3, 0.4) is 0 Å². The molecule has 1 amide bonds. The van der Waals surface area contributed by atoms with Gasteiger partial charge in [-0.2, -0.15) is 4.31 Å². The van der Waals surface area contributed by atoms with Gasteiger partial charge in [0.25, 0.3) is 0 Å². The van der Waals surface area contributed by atoms with E-state index in [0.29, 0.717) is 25.1 Å². The quantitative estimate of drug-likeness (QED) is 0.652. The molecule has 1 fully saturated rings. The second kappa shape index (κ2) is 8.56. The lowest BCUT2D eigenvalue weighted by Crippen LogP contribution is -2.43. The zero-order valence-electron chi connectivity index (χ0n) is 17.4. The van der Waals surface area contributed by atoms with E-state index in [1.54, 1.807) is 12.1 Å². The van der Waals surface area contributed by atoms with Crippen molar-refractivity contribution in [1.29, 1.82) is 0 Å². The maximum atomic E-state index is 13.2. The molecule has 1 aliphatic heterocycles. The van der Waals surface area contributed by atoms with Crippen molar-refractivity contribution in [2.45, 2.75) is 31.6 Å². The first-order valence-electron chi connectivity index (χ1n) is 10.1. The van der Waals surface area contributed by atoms with Crippen LogP contribution >= 0.6 is 0 Å². The highest BCUT2D eigenvalue weighted by Crippen LogP contribution is 2.26. The number of hydrogen-bond donors (Lipinski definition) is 1. The van der Waals surface area contributed by atoms with Crippen LogP contribution in [0.1, 0.15) is 24.0 Å². The highest BCUT2D eigenvalue weighted by Gasteiger charge is 2.33. The summed E-state index contributed by atoms with van der Waals surface area (Å²) in [6.07, 6.45) is 2.72. The normalized spacial score (nSPS) is 17.4. The van der Waals surface area contributed by atoms with Gasteiger partial charge in [0.15, 0.2) is 0 Å². The van der Waals surface area contributed by atoms with Crippen LogP contribution in [0.2, 0.25) is 0 Å². The average Bonchev–Trinajstić information content (AvgIpc) is 3.31. The van der Waals surface area contributed by atoms with Gasteiger partial charge in [0.05, 0.1) is 16.5 Å². The van der Waals surface area contributed by atoms with Crippen LogP contribution in [0.5, 0.6) is 0 Å². The van der Waals surface area contributed by atoms with Gasteiger partial charge in [-0.15, -0.1) is 5.10 Å². The number of aromatic nitrogens is 4. The number of tetrazole rings is 1. The number of aryl methyl sites for hydroxylation is 2. The van der Waals surface area contributed by atoms with Gasteiger partial charge in [0.2, 0.25) is 15.9 Å². The maximum absolute atomic E-state index is 13.2. The molecule has 0 spiro atoms. The predicted octanol–water partition coefficient (Wildman–Crippen LogP) is 2.32. The molecule has 4 rings (SSSR count). The fourth-order valence-corrected chi connectivity index (χ4v) is 5.29. The molecular formula is C21H24N6O3S. The molecule has 1 saturated heterocycles. The van der Waals surface area contributed by atoms with Crippen LogP contribution in [0.25, 0.3) is 5.69 Å². The summed E-state index contributed by atoms with van der Waals surface area (Å²) in [5.74, 6) is -0.550. The number of nitrogens with one attached hydrogen (secondary N) is 1. The Morgan fingerprint density at radius 1 is 1.13 bits per heavy atom. The number of benzene rings is 2. The number of piperidine rings is 1. The van der Waals surface area contributed by atoms with Crippen LogP contribution in [0, 0.1) is 19.8 Å². The van der Waals surface area contributed by atoms with Gasteiger partial charge in [-0.25, -0.2) is 13.1 Å². The Morgan fingerprint density at radius 2 is 1.90 bits per heavy atom. The zero-order valence-corrected chi connectivity index (χ0v) is 18.2. The Kier molecular flexibility index (Phi) is 5.84. The van der Waals surface area contributed by atoms with Crippen molar-refractivity contribution in [1.82, 2.24) is 24.5 Å². The summed E-state index contributed by atoms with van der Waals surface area (Å²) in [5, 5.41) is 13.9. The lowest BCUT2D eigenvalue weighted by atomic mass is 9.98. The summed E-state index contributed by atoms with van der Waals surface area (Å²) >= 11 is 0. The molecule has 31 heavy (non-hydrogen) atoms. The first kappa shape index (κ1) is 21.1.